The second-order valence-electron chi connectivity index (χ2n) is 10.2. The summed E-state index contributed by atoms with van der Waals surface area (Å²) in [6, 6.07) is 22.0. The molecule has 4 rings (SSSR count). The Labute approximate surface area is 245 Å². The average Bonchev–Trinajstić information content (AvgIpc) is 3.46. The highest BCUT2D eigenvalue weighted by molar-refractivity contribution is 9.10. The van der Waals surface area contributed by atoms with E-state index in [1.807, 2.05) is 38.1 Å². The van der Waals surface area contributed by atoms with E-state index >= 15 is 0 Å². The Kier molecular flexibility index (Phi) is 10.0. The number of carbonyl (C=O) groups excluding carboxylic acids is 2. The van der Waals surface area contributed by atoms with Crippen molar-refractivity contribution in [3.8, 4) is 0 Å². The monoisotopic (exact) mass is 625 g/mol. The fourth-order valence-electron chi connectivity index (χ4n) is 5.03. The highest BCUT2D eigenvalue weighted by Gasteiger charge is 2.34. The standard InChI is InChI=1S/C31H36BrN3O4S/c1-3-29(31(37)33-26-9-7-8-10-26)34(21-24-15-13-23(2)14-16-24)30(36)22-35(27-19-17-25(32)18-20-27)40(38,39)28-11-5-4-6-12-28/h4-6,11-20,26,29H,3,7-10,21-22H2,1-2H3,(H,33,37). The van der Waals surface area contributed by atoms with Gasteiger partial charge in [0.25, 0.3) is 10.0 Å². The number of carbonyl (C=O) groups is 2. The SMILES string of the molecule is CCC(C(=O)NC1CCCC1)N(Cc1ccc(C)cc1)C(=O)CN(c1ccc(Br)cc1)S(=O)(=O)c1ccccc1. The van der Waals surface area contributed by atoms with Crippen molar-refractivity contribution in [2.45, 2.75) is 69.5 Å². The summed E-state index contributed by atoms with van der Waals surface area (Å²) in [6.07, 6.45) is 4.42. The number of anilines is 1. The molecule has 7 nitrogen and oxygen atoms in total. The van der Waals surface area contributed by atoms with E-state index in [1.54, 1.807) is 42.5 Å². The Morgan fingerprint density at radius 2 is 1.57 bits per heavy atom. The number of sulfonamides is 1. The zero-order valence-corrected chi connectivity index (χ0v) is 25.3. The first-order valence-corrected chi connectivity index (χ1v) is 15.9. The van der Waals surface area contributed by atoms with Crippen LogP contribution in [0.3, 0.4) is 0 Å². The Morgan fingerprint density at radius 1 is 0.950 bits per heavy atom. The highest BCUT2D eigenvalue weighted by Crippen LogP contribution is 2.26. The van der Waals surface area contributed by atoms with Gasteiger partial charge in [0.05, 0.1) is 10.6 Å². The molecule has 9 heteroatoms. The molecule has 212 valence electrons. The van der Waals surface area contributed by atoms with E-state index in [0.717, 1.165) is 45.6 Å². The lowest BCUT2D eigenvalue weighted by atomic mass is 10.1. The van der Waals surface area contributed by atoms with Crippen LogP contribution in [0.25, 0.3) is 0 Å². The molecule has 0 heterocycles. The molecule has 40 heavy (non-hydrogen) atoms. The quantitative estimate of drug-likeness (QED) is 0.291. The minimum atomic E-state index is -4.08. The van der Waals surface area contributed by atoms with E-state index in [1.165, 1.54) is 17.0 Å². The molecule has 0 aliphatic heterocycles. The Balaban J connectivity index is 1.69. The second-order valence-corrected chi connectivity index (χ2v) is 13.0. The van der Waals surface area contributed by atoms with Crippen molar-refractivity contribution in [2.75, 3.05) is 10.8 Å². The number of rotatable bonds is 11. The minimum absolute atomic E-state index is 0.0850. The maximum atomic E-state index is 14.1. The molecular weight excluding hydrogens is 590 g/mol. The third-order valence-electron chi connectivity index (χ3n) is 7.29. The largest absolute Gasteiger partial charge is 0.352 e. The van der Waals surface area contributed by atoms with E-state index in [0.29, 0.717) is 12.1 Å². The third-order valence-corrected chi connectivity index (χ3v) is 9.60. The van der Waals surface area contributed by atoms with Gasteiger partial charge in [-0.1, -0.05) is 83.7 Å². The Morgan fingerprint density at radius 3 is 2.17 bits per heavy atom. The van der Waals surface area contributed by atoms with Crippen molar-refractivity contribution in [1.82, 2.24) is 10.2 Å². The molecule has 1 saturated carbocycles. The number of hydrogen-bond donors (Lipinski definition) is 1. The predicted molar refractivity (Wildman–Crippen MR) is 161 cm³/mol. The van der Waals surface area contributed by atoms with Crippen LogP contribution in [-0.4, -0.2) is 43.8 Å². The molecule has 2 amide bonds. The van der Waals surface area contributed by atoms with E-state index in [2.05, 4.69) is 21.2 Å². The Hall–Kier alpha value is -3.17. The number of aryl methyl sites for hydroxylation is 1. The van der Waals surface area contributed by atoms with Crippen LogP contribution in [0.1, 0.15) is 50.2 Å². The van der Waals surface area contributed by atoms with Gasteiger partial charge in [0, 0.05) is 17.1 Å². The molecule has 1 unspecified atom stereocenters. The molecule has 1 atom stereocenters. The predicted octanol–water partition coefficient (Wildman–Crippen LogP) is 5.82. The molecule has 0 bridgehead atoms. The highest BCUT2D eigenvalue weighted by atomic mass is 79.9. The lowest BCUT2D eigenvalue weighted by Gasteiger charge is -2.33. The van der Waals surface area contributed by atoms with Crippen LogP contribution in [0.15, 0.2) is 88.2 Å². The maximum Gasteiger partial charge on any atom is 0.264 e. The molecule has 1 fully saturated rings. The molecule has 3 aromatic rings. The van der Waals surface area contributed by atoms with Crippen molar-refractivity contribution >= 4 is 43.5 Å². The van der Waals surface area contributed by atoms with Gasteiger partial charge in [-0.2, -0.15) is 0 Å². The van der Waals surface area contributed by atoms with Crippen LogP contribution in [0.5, 0.6) is 0 Å². The lowest BCUT2D eigenvalue weighted by Crippen LogP contribution is -2.53. The van der Waals surface area contributed by atoms with Crippen LogP contribution in [0.2, 0.25) is 0 Å². The molecule has 1 N–H and O–H groups in total. The molecule has 0 aromatic heterocycles. The van der Waals surface area contributed by atoms with Crippen molar-refractivity contribution in [3.05, 3.63) is 94.5 Å². The topological polar surface area (TPSA) is 86.8 Å². The summed E-state index contributed by atoms with van der Waals surface area (Å²) in [5, 5.41) is 3.14. The van der Waals surface area contributed by atoms with Gasteiger partial charge in [-0.05, 0) is 68.1 Å². The van der Waals surface area contributed by atoms with Gasteiger partial charge in [-0.25, -0.2) is 8.42 Å². The fourth-order valence-corrected chi connectivity index (χ4v) is 6.73. The van der Waals surface area contributed by atoms with Crippen molar-refractivity contribution in [3.63, 3.8) is 0 Å². The first-order chi connectivity index (χ1) is 19.2. The Bertz CT molecular complexity index is 1390. The summed E-state index contributed by atoms with van der Waals surface area (Å²) in [4.78, 5) is 29.2. The van der Waals surface area contributed by atoms with Gasteiger partial charge in [0.1, 0.15) is 12.6 Å². The lowest BCUT2D eigenvalue weighted by molar-refractivity contribution is -0.140. The van der Waals surface area contributed by atoms with Gasteiger partial charge in [0.15, 0.2) is 0 Å². The van der Waals surface area contributed by atoms with Crippen LogP contribution in [0, 0.1) is 6.92 Å². The number of nitrogens with zero attached hydrogens (tertiary/aromatic N) is 2. The van der Waals surface area contributed by atoms with E-state index in [9.17, 15) is 18.0 Å². The fraction of sp³-hybridized carbons (Fsp3) is 0.355. The molecule has 1 aliphatic carbocycles. The molecule has 1 aliphatic rings. The van der Waals surface area contributed by atoms with Crippen molar-refractivity contribution in [1.29, 1.82) is 0 Å². The maximum absolute atomic E-state index is 14.1. The number of amides is 2. The number of hydrogen-bond acceptors (Lipinski definition) is 4. The van der Waals surface area contributed by atoms with Crippen molar-refractivity contribution in [2.24, 2.45) is 0 Å². The van der Waals surface area contributed by atoms with Crippen molar-refractivity contribution < 1.29 is 18.0 Å². The molecular formula is C31H36BrN3O4S. The summed E-state index contributed by atoms with van der Waals surface area (Å²) in [5.74, 6) is -0.646. The van der Waals surface area contributed by atoms with Crippen LogP contribution in [0.4, 0.5) is 5.69 Å². The number of nitrogens with one attached hydrogen (secondary N) is 1. The summed E-state index contributed by atoms with van der Waals surface area (Å²) >= 11 is 3.40. The zero-order valence-electron chi connectivity index (χ0n) is 22.9. The van der Waals surface area contributed by atoms with E-state index in [-0.39, 0.29) is 23.4 Å². The summed E-state index contributed by atoms with van der Waals surface area (Å²) in [5.41, 5.74) is 2.31. The van der Waals surface area contributed by atoms with Gasteiger partial charge in [-0.15, -0.1) is 0 Å². The van der Waals surface area contributed by atoms with Crippen LogP contribution in [-0.2, 0) is 26.2 Å². The summed E-state index contributed by atoms with van der Waals surface area (Å²) in [7, 11) is -4.08. The molecule has 3 aromatic carbocycles. The summed E-state index contributed by atoms with van der Waals surface area (Å²) in [6.45, 7) is 3.61. The first-order valence-electron chi connectivity index (χ1n) is 13.7. The zero-order chi connectivity index (χ0) is 28.7. The van der Waals surface area contributed by atoms with Gasteiger partial charge in [-0.3, -0.25) is 13.9 Å². The molecule has 0 radical (unpaired) electrons. The number of benzene rings is 3. The normalized spacial score (nSPS) is 14.5. The van der Waals surface area contributed by atoms with Gasteiger partial charge < -0.3 is 10.2 Å². The van der Waals surface area contributed by atoms with Crippen LogP contribution < -0.4 is 9.62 Å². The third kappa shape index (κ3) is 7.31. The van der Waals surface area contributed by atoms with E-state index < -0.39 is 28.5 Å². The van der Waals surface area contributed by atoms with Crippen LogP contribution >= 0.6 is 15.9 Å². The van der Waals surface area contributed by atoms with Gasteiger partial charge >= 0.3 is 0 Å². The molecule has 0 spiro atoms. The second kappa shape index (κ2) is 13.5. The molecule has 0 saturated heterocycles. The number of halogens is 1. The van der Waals surface area contributed by atoms with E-state index in [4.69, 9.17) is 0 Å². The first kappa shape index (κ1) is 29.8. The summed E-state index contributed by atoms with van der Waals surface area (Å²) < 4.78 is 29.6. The smallest absolute Gasteiger partial charge is 0.264 e. The minimum Gasteiger partial charge on any atom is -0.352 e. The average molecular weight is 627 g/mol. The van der Waals surface area contributed by atoms with Gasteiger partial charge in [0.2, 0.25) is 11.8 Å².